The maximum atomic E-state index is 15.2. The molecule has 93 heavy (non-hydrogen) atoms. The first-order valence-corrected chi connectivity index (χ1v) is 34.0. The minimum absolute atomic E-state index is 0.151. The van der Waals surface area contributed by atoms with E-state index in [0.29, 0.717) is 108 Å². The Morgan fingerprint density at radius 2 is 0.946 bits per heavy atom. The Balaban J connectivity index is 0.799. The van der Waals surface area contributed by atoms with Gasteiger partial charge in [0.1, 0.15) is 24.2 Å². The van der Waals surface area contributed by atoms with Crippen molar-refractivity contribution in [2.45, 2.75) is 183 Å². The van der Waals surface area contributed by atoms with Crippen LogP contribution in [0.15, 0.2) is 152 Å². The van der Waals surface area contributed by atoms with Gasteiger partial charge in [0.2, 0.25) is 41.4 Å². The molecule has 4 fully saturated rings. The first kappa shape index (κ1) is 69.1. The topological polar surface area (TPSA) is 251 Å². The van der Waals surface area contributed by atoms with Crippen molar-refractivity contribution in [3.63, 3.8) is 0 Å². The summed E-state index contributed by atoms with van der Waals surface area (Å²) in [5.41, 5.74) is 2.38. The van der Waals surface area contributed by atoms with Gasteiger partial charge in [-0.15, -0.1) is 0 Å². The number of likely N-dealkylation sites (N-methyl/N-ethyl adjacent to an activating group) is 2. The average molecular weight is 1270 g/mol. The van der Waals surface area contributed by atoms with E-state index < -0.39 is 65.6 Å². The largest absolute Gasteiger partial charge is 0.356 e. The van der Waals surface area contributed by atoms with Crippen LogP contribution in [0.4, 0.5) is 0 Å². The summed E-state index contributed by atoms with van der Waals surface area (Å²) in [7, 11) is 3.43. The van der Waals surface area contributed by atoms with Crippen LogP contribution in [0.5, 0.6) is 0 Å². The van der Waals surface area contributed by atoms with Gasteiger partial charge in [0, 0.05) is 56.5 Å². The standard InChI is InChI=1S/C74H97N11O8/c1-5-59(75-3)67(87)81-65-53(48-77-47-50-27-15-10-16-28-50)38-40-58-43-45-62(85(58)71(65)91)70(90)83-74(55-33-21-13-22-34-55,56-35-23-14-24-36-56)73(93)78-46-26-9-7-8-25-37-63(86)79-49-54-39-41-57-42-44-61(84(57)72(92)66(54)82-68(88)60(6-2)76-4)69(89)80-64(51-29-17-11-18-30-51)52-31-19-12-20-32-52/h10-24,27-36,53-54,57-62,64-66,75-77H,5-9,25-26,37-49H2,1-4H3,(H,78,93)(H,79,86)(H,80,89)(H,81,87)(H,82,88)(H,83,90)/t53-,54-,57+,58+,59+,60+,61+,62+,65+,66+/m1/s1. The molecule has 0 aromatic heterocycles. The summed E-state index contributed by atoms with van der Waals surface area (Å²) >= 11 is 0. The fourth-order valence-corrected chi connectivity index (χ4v) is 14.5. The van der Waals surface area contributed by atoms with Gasteiger partial charge in [-0.1, -0.05) is 185 Å². The van der Waals surface area contributed by atoms with E-state index in [9.17, 15) is 24.0 Å². The van der Waals surface area contributed by atoms with E-state index in [0.717, 1.165) is 36.0 Å². The lowest BCUT2D eigenvalue weighted by molar-refractivity contribution is -0.145. The number of benzene rings is 5. The molecule has 5 aromatic carbocycles. The number of fused-ring (bicyclic) bond motifs is 2. The Morgan fingerprint density at radius 1 is 0.505 bits per heavy atom. The molecular weight excluding hydrogens is 1170 g/mol. The minimum Gasteiger partial charge on any atom is -0.356 e. The summed E-state index contributed by atoms with van der Waals surface area (Å²) in [5, 5.41) is 28.6. The number of amides is 8. The molecule has 0 bridgehead atoms. The molecule has 4 heterocycles. The predicted molar refractivity (Wildman–Crippen MR) is 359 cm³/mol. The van der Waals surface area contributed by atoms with Gasteiger partial charge in [0.05, 0.1) is 18.1 Å². The Hall–Kier alpha value is -8.26. The van der Waals surface area contributed by atoms with Gasteiger partial charge >= 0.3 is 0 Å². The molecule has 4 aliphatic rings. The van der Waals surface area contributed by atoms with Crippen LogP contribution in [0.1, 0.15) is 150 Å². The molecule has 8 amide bonds. The number of nitrogens with one attached hydrogen (secondary N) is 9. The lowest BCUT2D eigenvalue weighted by Crippen LogP contribution is -2.62. The molecule has 0 unspecified atom stereocenters. The van der Waals surface area contributed by atoms with Crippen molar-refractivity contribution in [3.8, 4) is 0 Å². The molecule has 0 spiro atoms. The number of carbonyl (C=O) groups is 8. The molecule has 19 heteroatoms. The zero-order valence-corrected chi connectivity index (χ0v) is 54.6. The number of rotatable bonds is 31. The second-order valence-corrected chi connectivity index (χ2v) is 25.6. The zero-order valence-electron chi connectivity index (χ0n) is 54.6. The highest BCUT2D eigenvalue weighted by Gasteiger charge is 2.52. The van der Waals surface area contributed by atoms with E-state index in [1.807, 2.05) is 166 Å². The van der Waals surface area contributed by atoms with Crippen molar-refractivity contribution in [1.29, 1.82) is 0 Å². The van der Waals surface area contributed by atoms with Crippen molar-refractivity contribution in [2.75, 3.05) is 33.7 Å². The van der Waals surface area contributed by atoms with Crippen molar-refractivity contribution in [2.24, 2.45) is 11.8 Å². The smallest absolute Gasteiger partial charge is 0.255 e. The van der Waals surface area contributed by atoms with Gasteiger partial charge in [-0.3, -0.25) is 38.4 Å². The van der Waals surface area contributed by atoms with Crippen LogP contribution in [0.2, 0.25) is 0 Å². The summed E-state index contributed by atoms with van der Waals surface area (Å²) in [6.45, 7) is 5.39. The summed E-state index contributed by atoms with van der Waals surface area (Å²) in [4.78, 5) is 119. The third kappa shape index (κ3) is 17.1. The molecular formula is C74H97N11O8. The normalized spacial score (nSPS) is 21.9. The summed E-state index contributed by atoms with van der Waals surface area (Å²) in [6.07, 6.45) is 9.51. The van der Waals surface area contributed by atoms with Crippen LogP contribution in [-0.2, 0) is 50.4 Å². The van der Waals surface area contributed by atoms with E-state index in [2.05, 4.69) is 47.9 Å². The number of nitrogens with zero attached hydrogens (tertiary/aromatic N) is 2. The van der Waals surface area contributed by atoms with Crippen LogP contribution in [0.3, 0.4) is 0 Å². The van der Waals surface area contributed by atoms with Gasteiger partial charge in [0.25, 0.3) is 5.91 Å². The highest BCUT2D eigenvalue weighted by molar-refractivity contribution is 5.99. The maximum absolute atomic E-state index is 15.2. The van der Waals surface area contributed by atoms with E-state index in [1.165, 1.54) is 0 Å². The van der Waals surface area contributed by atoms with Crippen LogP contribution >= 0.6 is 0 Å². The highest BCUT2D eigenvalue weighted by Crippen LogP contribution is 2.38. The Labute approximate surface area is 548 Å². The van der Waals surface area contributed by atoms with Crippen molar-refractivity contribution in [3.05, 3.63) is 179 Å². The Bertz CT molecular complexity index is 3170. The first-order valence-electron chi connectivity index (χ1n) is 34.0. The summed E-state index contributed by atoms with van der Waals surface area (Å²) < 4.78 is 0. The maximum Gasteiger partial charge on any atom is 0.255 e. The molecule has 4 saturated heterocycles. The lowest BCUT2D eigenvalue weighted by atomic mass is 9.81. The van der Waals surface area contributed by atoms with Gasteiger partial charge in [0.15, 0.2) is 5.54 Å². The van der Waals surface area contributed by atoms with Crippen LogP contribution in [0, 0.1) is 11.8 Å². The number of carbonyl (C=O) groups excluding carboxylic acids is 8. The molecule has 9 N–H and O–H groups in total. The Kier molecular flexibility index (Phi) is 25.3. The monoisotopic (exact) mass is 1270 g/mol. The highest BCUT2D eigenvalue weighted by atomic mass is 16.2. The van der Waals surface area contributed by atoms with Crippen LogP contribution < -0.4 is 47.9 Å². The average Bonchev–Trinajstić information content (AvgIpc) is 1.75. The van der Waals surface area contributed by atoms with E-state index in [-0.39, 0.29) is 66.4 Å². The third-order valence-corrected chi connectivity index (χ3v) is 19.7. The fourth-order valence-electron chi connectivity index (χ4n) is 14.5. The Morgan fingerprint density at radius 3 is 1.44 bits per heavy atom. The van der Waals surface area contributed by atoms with Crippen molar-refractivity contribution < 1.29 is 38.4 Å². The summed E-state index contributed by atoms with van der Waals surface area (Å²) in [5.74, 6) is -3.12. The molecule has 5 aromatic rings. The molecule has 0 radical (unpaired) electrons. The SMILES string of the molecule is CC[C@H](NC)C(=O)N[C@@H]1C(=O)N2[C@@H](CC[C@@H]1CNC(=O)CCCCCCCNC(=O)C(NC(=O)[C@@H]1CC[C@@H]3CC[C@H](CNCc4ccccc4)[C@H](NC(=O)[C@H](CC)NC)C(=O)N31)(c1ccccc1)c1ccccc1)CC[C@H]2C(=O)NC(c1ccccc1)c1ccccc1. The lowest BCUT2D eigenvalue weighted by Gasteiger charge is -2.38. The van der Waals surface area contributed by atoms with Gasteiger partial charge in [-0.25, -0.2) is 0 Å². The van der Waals surface area contributed by atoms with E-state index in [4.69, 9.17) is 0 Å². The third-order valence-electron chi connectivity index (χ3n) is 19.7. The van der Waals surface area contributed by atoms with Crippen LogP contribution in [-0.4, -0.2) is 139 Å². The number of hydrogen-bond donors (Lipinski definition) is 9. The molecule has 0 saturated carbocycles. The van der Waals surface area contributed by atoms with Gasteiger partial charge < -0.3 is 57.7 Å². The molecule has 496 valence electrons. The predicted octanol–water partition coefficient (Wildman–Crippen LogP) is 6.82. The first-order chi connectivity index (χ1) is 45.3. The van der Waals surface area contributed by atoms with E-state index >= 15 is 14.4 Å². The number of hydrogen-bond acceptors (Lipinski definition) is 11. The quantitative estimate of drug-likeness (QED) is 0.0208. The van der Waals surface area contributed by atoms with Gasteiger partial charge in [-0.2, -0.15) is 0 Å². The fraction of sp³-hybridized carbons (Fsp3) is 0.486. The minimum atomic E-state index is -1.68. The molecule has 19 nitrogen and oxygen atoms in total. The van der Waals surface area contributed by atoms with E-state index in [1.54, 1.807) is 23.9 Å². The summed E-state index contributed by atoms with van der Waals surface area (Å²) in [6, 6.07) is 42.6. The molecule has 10 atom stereocenters. The second kappa shape index (κ2) is 34.1. The van der Waals surface area contributed by atoms with Gasteiger partial charge in [-0.05, 0) is 119 Å². The number of unbranched alkanes of at least 4 members (excludes halogenated alkanes) is 4. The molecule has 0 aliphatic carbocycles. The zero-order chi connectivity index (χ0) is 65.7. The van der Waals surface area contributed by atoms with Crippen molar-refractivity contribution >= 4 is 47.3 Å². The van der Waals surface area contributed by atoms with Crippen LogP contribution in [0.25, 0.3) is 0 Å². The van der Waals surface area contributed by atoms with Crippen molar-refractivity contribution in [1.82, 2.24) is 57.7 Å². The molecule has 9 rings (SSSR count). The molecule has 4 aliphatic heterocycles. The second-order valence-electron chi connectivity index (χ2n) is 25.6.